The molecule has 6 heteroatoms. The maximum absolute atomic E-state index is 12.5. The van der Waals surface area contributed by atoms with Gasteiger partial charge >= 0.3 is 0 Å². The van der Waals surface area contributed by atoms with Crippen molar-refractivity contribution < 1.29 is 9.59 Å². The SMILES string of the molecule is Cc1ccc(NC(=O)c2cncc(C(=O)Nc3cccc(C#N)c3)c2)cc1C. The van der Waals surface area contributed by atoms with Gasteiger partial charge < -0.3 is 10.6 Å². The fraction of sp³-hybridized carbons (Fsp3) is 0.0909. The Hall–Kier alpha value is -3.98. The Labute approximate surface area is 162 Å². The molecule has 0 aliphatic carbocycles. The number of hydrogen-bond acceptors (Lipinski definition) is 4. The fourth-order valence-electron chi connectivity index (χ4n) is 2.58. The smallest absolute Gasteiger partial charge is 0.257 e. The second-order valence-corrected chi connectivity index (χ2v) is 6.36. The first kappa shape index (κ1) is 18.8. The summed E-state index contributed by atoms with van der Waals surface area (Å²) in [7, 11) is 0. The quantitative estimate of drug-likeness (QED) is 0.723. The zero-order valence-electron chi connectivity index (χ0n) is 15.5. The number of nitrogens with one attached hydrogen (secondary N) is 2. The van der Waals surface area contributed by atoms with E-state index in [4.69, 9.17) is 5.26 Å². The van der Waals surface area contributed by atoms with Gasteiger partial charge in [-0.2, -0.15) is 5.26 Å². The molecule has 0 saturated heterocycles. The third-order valence-corrected chi connectivity index (χ3v) is 4.28. The molecule has 3 aromatic rings. The lowest BCUT2D eigenvalue weighted by molar-refractivity contribution is 0.102. The number of rotatable bonds is 4. The van der Waals surface area contributed by atoms with Gasteiger partial charge in [-0.15, -0.1) is 0 Å². The molecule has 0 aliphatic rings. The standard InChI is InChI=1S/C22H18N4O2/c1-14-6-7-20(8-15(14)2)26-22(28)18-10-17(12-24-13-18)21(27)25-19-5-3-4-16(9-19)11-23/h3-10,12-13H,1-2H3,(H,25,27)(H,26,28). The van der Waals surface area contributed by atoms with Crippen molar-refractivity contribution in [3.63, 3.8) is 0 Å². The number of aromatic nitrogens is 1. The first-order chi connectivity index (χ1) is 13.5. The molecule has 28 heavy (non-hydrogen) atoms. The highest BCUT2D eigenvalue weighted by molar-refractivity contribution is 6.08. The van der Waals surface area contributed by atoms with Crippen molar-refractivity contribution in [3.8, 4) is 6.07 Å². The number of aryl methyl sites for hydroxylation is 2. The van der Waals surface area contributed by atoms with Crippen LogP contribution in [0.1, 0.15) is 37.4 Å². The molecule has 2 amide bonds. The Bertz CT molecular complexity index is 1100. The van der Waals surface area contributed by atoms with Gasteiger partial charge in [-0.1, -0.05) is 12.1 Å². The van der Waals surface area contributed by atoms with Crippen molar-refractivity contribution in [2.45, 2.75) is 13.8 Å². The van der Waals surface area contributed by atoms with Crippen LogP contribution in [0.4, 0.5) is 11.4 Å². The summed E-state index contributed by atoms with van der Waals surface area (Å²) in [5.41, 5.74) is 4.34. The lowest BCUT2D eigenvalue weighted by atomic mass is 10.1. The van der Waals surface area contributed by atoms with Crippen LogP contribution in [0, 0.1) is 25.2 Å². The Kier molecular flexibility index (Phi) is 5.47. The van der Waals surface area contributed by atoms with Gasteiger partial charge in [0.15, 0.2) is 0 Å². The van der Waals surface area contributed by atoms with E-state index in [-0.39, 0.29) is 17.0 Å². The zero-order chi connectivity index (χ0) is 20.1. The fourth-order valence-corrected chi connectivity index (χ4v) is 2.58. The van der Waals surface area contributed by atoms with Gasteiger partial charge in [0.1, 0.15) is 0 Å². The highest BCUT2D eigenvalue weighted by Crippen LogP contribution is 2.16. The van der Waals surface area contributed by atoms with Crippen molar-refractivity contribution in [2.75, 3.05) is 10.6 Å². The van der Waals surface area contributed by atoms with Gasteiger partial charge in [0, 0.05) is 23.8 Å². The van der Waals surface area contributed by atoms with Crippen LogP contribution in [0.3, 0.4) is 0 Å². The van der Waals surface area contributed by atoms with Crippen molar-refractivity contribution in [1.29, 1.82) is 5.26 Å². The molecular weight excluding hydrogens is 352 g/mol. The van der Waals surface area contributed by atoms with Crippen LogP contribution in [-0.4, -0.2) is 16.8 Å². The number of carbonyl (C=O) groups excluding carboxylic acids is 2. The third kappa shape index (κ3) is 4.40. The third-order valence-electron chi connectivity index (χ3n) is 4.28. The largest absolute Gasteiger partial charge is 0.322 e. The molecule has 138 valence electrons. The maximum atomic E-state index is 12.5. The van der Waals surface area contributed by atoms with E-state index < -0.39 is 5.91 Å². The molecule has 2 aromatic carbocycles. The minimum absolute atomic E-state index is 0.245. The number of benzene rings is 2. The summed E-state index contributed by atoms with van der Waals surface area (Å²) in [5.74, 6) is -0.764. The van der Waals surface area contributed by atoms with Crippen molar-refractivity contribution in [3.05, 3.63) is 88.7 Å². The zero-order valence-corrected chi connectivity index (χ0v) is 15.5. The number of anilines is 2. The van der Waals surface area contributed by atoms with E-state index in [1.165, 1.54) is 18.5 Å². The lowest BCUT2D eigenvalue weighted by Crippen LogP contribution is -2.16. The number of nitrogens with zero attached hydrogens (tertiary/aromatic N) is 2. The summed E-state index contributed by atoms with van der Waals surface area (Å²) in [6, 6.07) is 15.7. The van der Waals surface area contributed by atoms with Crippen LogP contribution in [0.25, 0.3) is 0 Å². The molecule has 0 unspecified atom stereocenters. The number of pyridine rings is 1. The first-order valence-electron chi connectivity index (χ1n) is 8.61. The van der Waals surface area contributed by atoms with Crippen LogP contribution < -0.4 is 10.6 Å². The Morgan fingerprint density at radius 2 is 1.50 bits per heavy atom. The van der Waals surface area contributed by atoms with E-state index >= 15 is 0 Å². The minimum atomic E-state index is -0.413. The van der Waals surface area contributed by atoms with Gasteiger partial charge in [0.05, 0.1) is 22.8 Å². The first-order valence-corrected chi connectivity index (χ1v) is 8.61. The van der Waals surface area contributed by atoms with Crippen molar-refractivity contribution >= 4 is 23.2 Å². The number of hydrogen-bond donors (Lipinski definition) is 2. The molecule has 2 N–H and O–H groups in total. The molecule has 1 aromatic heterocycles. The topological polar surface area (TPSA) is 94.9 Å². The molecule has 3 rings (SSSR count). The van der Waals surface area contributed by atoms with E-state index in [9.17, 15) is 9.59 Å². The van der Waals surface area contributed by atoms with Gasteiger partial charge in [0.25, 0.3) is 11.8 Å². The molecular formula is C22H18N4O2. The lowest BCUT2D eigenvalue weighted by Gasteiger charge is -2.09. The molecule has 1 heterocycles. The molecule has 0 atom stereocenters. The van der Waals surface area contributed by atoms with Crippen LogP contribution in [0.5, 0.6) is 0 Å². The summed E-state index contributed by atoms with van der Waals surface area (Å²) in [5, 5.41) is 14.5. The van der Waals surface area contributed by atoms with Crippen LogP contribution in [0.15, 0.2) is 60.9 Å². The van der Waals surface area contributed by atoms with Crippen molar-refractivity contribution in [2.24, 2.45) is 0 Å². The van der Waals surface area contributed by atoms with Gasteiger partial charge in [-0.25, -0.2) is 0 Å². The number of nitriles is 1. The Morgan fingerprint density at radius 1 is 0.857 bits per heavy atom. The number of amides is 2. The number of carbonyl (C=O) groups is 2. The Morgan fingerprint density at radius 3 is 2.11 bits per heavy atom. The van der Waals surface area contributed by atoms with Gasteiger partial charge in [0.2, 0.25) is 0 Å². The minimum Gasteiger partial charge on any atom is -0.322 e. The average molecular weight is 370 g/mol. The molecule has 0 radical (unpaired) electrons. The van der Waals surface area contributed by atoms with Crippen molar-refractivity contribution in [1.82, 2.24) is 4.98 Å². The van der Waals surface area contributed by atoms with E-state index in [1.807, 2.05) is 38.1 Å². The highest BCUT2D eigenvalue weighted by Gasteiger charge is 2.12. The van der Waals surface area contributed by atoms with E-state index in [0.29, 0.717) is 16.9 Å². The second kappa shape index (κ2) is 8.14. The molecule has 6 nitrogen and oxygen atoms in total. The normalized spacial score (nSPS) is 10.0. The predicted octanol–water partition coefficient (Wildman–Crippen LogP) is 4.07. The van der Waals surface area contributed by atoms with Crippen LogP contribution >= 0.6 is 0 Å². The molecule has 0 aliphatic heterocycles. The molecule has 0 bridgehead atoms. The van der Waals surface area contributed by atoms with Crippen LogP contribution in [0.2, 0.25) is 0 Å². The summed E-state index contributed by atoms with van der Waals surface area (Å²) in [4.78, 5) is 29.0. The summed E-state index contributed by atoms with van der Waals surface area (Å²) in [6.07, 6.45) is 2.79. The maximum Gasteiger partial charge on any atom is 0.257 e. The Balaban J connectivity index is 1.75. The molecule has 0 fully saturated rings. The van der Waals surface area contributed by atoms with E-state index in [0.717, 1.165) is 11.1 Å². The second-order valence-electron chi connectivity index (χ2n) is 6.36. The van der Waals surface area contributed by atoms with Gasteiger partial charge in [-0.05, 0) is 61.4 Å². The summed E-state index contributed by atoms with van der Waals surface area (Å²) >= 11 is 0. The summed E-state index contributed by atoms with van der Waals surface area (Å²) in [6.45, 7) is 3.97. The van der Waals surface area contributed by atoms with Crippen LogP contribution in [-0.2, 0) is 0 Å². The predicted molar refractivity (Wildman–Crippen MR) is 107 cm³/mol. The van der Waals surface area contributed by atoms with Gasteiger partial charge in [-0.3, -0.25) is 14.6 Å². The average Bonchev–Trinajstić information content (AvgIpc) is 2.71. The highest BCUT2D eigenvalue weighted by atomic mass is 16.2. The molecule has 0 saturated carbocycles. The van der Waals surface area contributed by atoms with E-state index in [2.05, 4.69) is 15.6 Å². The monoisotopic (exact) mass is 370 g/mol. The summed E-state index contributed by atoms with van der Waals surface area (Å²) < 4.78 is 0. The molecule has 0 spiro atoms. The van der Waals surface area contributed by atoms with E-state index in [1.54, 1.807) is 24.3 Å².